The molecule has 2 rings (SSSR count). The monoisotopic (exact) mass is 187 g/mol. The number of benzene rings is 1. The van der Waals surface area contributed by atoms with E-state index in [1.165, 1.54) is 11.3 Å². The molecule has 1 aromatic carbocycles. The molecule has 0 amide bonds. The average Bonchev–Trinajstić information content (AvgIpc) is 2.71. The fourth-order valence-corrected chi connectivity index (χ4v) is 1.70. The molecule has 0 aliphatic heterocycles. The Balaban J connectivity index is 2.34. The van der Waals surface area contributed by atoms with E-state index >= 15 is 0 Å². The Morgan fingerprint density at radius 2 is 1.92 bits per heavy atom. The molecule has 2 heteroatoms. The van der Waals surface area contributed by atoms with Gasteiger partial charge in [0.15, 0.2) is 0 Å². The summed E-state index contributed by atoms with van der Waals surface area (Å²) in [5.41, 5.74) is 0.735. The lowest BCUT2D eigenvalue weighted by molar-refractivity contribution is 0.104. The number of thiophene rings is 1. The highest BCUT2D eigenvalue weighted by Gasteiger charge is 2.08. The summed E-state index contributed by atoms with van der Waals surface area (Å²) in [6, 6.07) is 12.8. The molecule has 0 saturated carbocycles. The molecule has 1 radical (unpaired) electrons. The number of hydrogen-bond donors (Lipinski definition) is 0. The van der Waals surface area contributed by atoms with Gasteiger partial charge in [0.1, 0.15) is 0 Å². The van der Waals surface area contributed by atoms with Crippen LogP contribution in [0.4, 0.5) is 0 Å². The lowest BCUT2D eigenvalue weighted by Crippen LogP contribution is -1.96. The second-order valence-electron chi connectivity index (χ2n) is 2.61. The Morgan fingerprint density at radius 1 is 1.15 bits per heavy atom. The van der Waals surface area contributed by atoms with Crippen LogP contribution in [0, 0.1) is 5.38 Å². The maximum absolute atomic E-state index is 11.7. The molecule has 63 valence electrons. The minimum Gasteiger partial charge on any atom is -0.288 e. The largest absolute Gasteiger partial charge is 0.288 e. The van der Waals surface area contributed by atoms with Crippen LogP contribution >= 0.6 is 11.3 Å². The molecule has 0 spiro atoms. The molecule has 0 aliphatic carbocycles. The van der Waals surface area contributed by atoms with E-state index in [2.05, 4.69) is 5.38 Å². The fraction of sp³-hybridized carbons (Fsp3) is 0. The third-order valence-electron chi connectivity index (χ3n) is 1.73. The quantitative estimate of drug-likeness (QED) is 0.661. The molecule has 1 nitrogen and oxygen atoms in total. The molecule has 0 fully saturated rings. The van der Waals surface area contributed by atoms with Crippen molar-refractivity contribution in [2.24, 2.45) is 0 Å². The van der Waals surface area contributed by atoms with E-state index in [0.717, 1.165) is 10.4 Å². The van der Waals surface area contributed by atoms with Crippen molar-refractivity contribution in [1.29, 1.82) is 0 Å². The Kier molecular flexibility index (Phi) is 2.23. The van der Waals surface area contributed by atoms with Gasteiger partial charge in [-0.1, -0.05) is 30.3 Å². The standard InChI is InChI=1S/C11H7OS/c12-11(10-7-4-8-13-10)9-5-2-1-3-6-9/h1-7H. The van der Waals surface area contributed by atoms with Crippen LogP contribution in [0.3, 0.4) is 0 Å². The first-order valence-electron chi connectivity index (χ1n) is 3.93. The molecule has 0 saturated heterocycles. The van der Waals surface area contributed by atoms with Crippen LogP contribution in [0.2, 0.25) is 0 Å². The number of carbonyl (C=O) groups is 1. The zero-order valence-corrected chi connectivity index (χ0v) is 7.67. The minimum atomic E-state index is 0.0758. The summed E-state index contributed by atoms with van der Waals surface area (Å²) < 4.78 is 0. The summed E-state index contributed by atoms with van der Waals surface area (Å²) in [6.07, 6.45) is 0. The Hall–Kier alpha value is -1.41. The lowest BCUT2D eigenvalue weighted by Gasteiger charge is -1.95. The van der Waals surface area contributed by atoms with Crippen LogP contribution in [-0.2, 0) is 0 Å². The highest BCUT2D eigenvalue weighted by Crippen LogP contribution is 2.13. The van der Waals surface area contributed by atoms with Gasteiger partial charge in [0.05, 0.1) is 4.88 Å². The predicted octanol–water partition coefficient (Wildman–Crippen LogP) is 2.78. The maximum atomic E-state index is 11.7. The molecular formula is C11H7OS. The number of carbonyl (C=O) groups excluding carboxylic acids is 1. The van der Waals surface area contributed by atoms with Gasteiger partial charge in [0, 0.05) is 10.9 Å². The SMILES string of the molecule is O=C(c1ccccc1)c1cc[c]s1. The summed E-state index contributed by atoms with van der Waals surface area (Å²) in [5.74, 6) is 0.0758. The number of ketones is 1. The fourth-order valence-electron chi connectivity index (χ4n) is 1.10. The van der Waals surface area contributed by atoms with Gasteiger partial charge in [0.2, 0.25) is 5.78 Å². The van der Waals surface area contributed by atoms with Gasteiger partial charge in [-0.05, 0) is 12.1 Å². The first-order chi connectivity index (χ1) is 6.38. The maximum Gasteiger partial charge on any atom is 0.202 e. The van der Waals surface area contributed by atoms with Gasteiger partial charge in [-0.15, -0.1) is 11.3 Å². The van der Waals surface area contributed by atoms with Crippen LogP contribution in [-0.4, -0.2) is 5.78 Å². The Labute approximate surface area is 80.7 Å². The van der Waals surface area contributed by atoms with E-state index in [0.29, 0.717) is 0 Å². The molecular weight excluding hydrogens is 180 g/mol. The topological polar surface area (TPSA) is 17.1 Å². The molecule has 1 aromatic heterocycles. The van der Waals surface area contributed by atoms with Crippen molar-refractivity contribution in [2.45, 2.75) is 0 Å². The van der Waals surface area contributed by atoms with E-state index < -0.39 is 0 Å². The second-order valence-corrected chi connectivity index (χ2v) is 3.49. The van der Waals surface area contributed by atoms with Crippen molar-refractivity contribution in [3.8, 4) is 0 Å². The predicted molar refractivity (Wildman–Crippen MR) is 53.0 cm³/mol. The third-order valence-corrected chi connectivity index (χ3v) is 2.53. The molecule has 0 bridgehead atoms. The van der Waals surface area contributed by atoms with Gasteiger partial charge >= 0.3 is 0 Å². The summed E-state index contributed by atoms with van der Waals surface area (Å²) in [7, 11) is 0. The van der Waals surface area contributed by atoms with Gasteiger partial charge in [-0.3, -0.25) is 4.79 Å². The van der Waals surface area contributed by atoms with Crippen LogP contribution in [0.1, 0.15) is 15.2 Å². The second kappa shape index (κ2) is 3.54. The van der Waals surface area contributed by atoms with Gasteiger partial charge in [-0.25, -0.2) is 0 Å². The zero-order chi connectivity index (χ0) is 9.10. The summed E-state index contributed by atoms with van der Waals surface area (Å²) in [6.45, 7) is 0. The Bertz CT molecular complexity index is 389. The zero-order valence-electron chi connectivity index (χ0n) is 6.86. The van der Waals surface area contributed by atoms with Crippen LogP contribution in [0.25, 0.3) is 0 Å². The molecule has 0 atom stereocenters. The van der Waals surface area contributed by atoms with Crippen molar-refractivity contribution in [1.82, 2.24) is 0 Å². The van der Waals surface area contributed by atoms with E-state index in [-0.39, 0.29) is 5.78 Å². The molecule has 0 unspecified atom stereocenters. The van der Waals surface area contributed by atoms with E-state index in [1.54, 1.807) is 12.1 Å². The van der Waals surface area contributed by atoms with Crippen molar-refractivity contribution in [2.75, 3.05) is 0 Å². The van der Waals surface area contributed by atoms with Crippen molar-refractivity contribution in [3.63, 3.8) is 0 Å². The van der Waals surface area contributed by atoms with Crippen molar-refractivity contribution >= 4 is 17.1 Å². The first-order valence-corrected chi connectivity index (χ1v) is 4.75. The van der Waals surface area contributed by atoms with Crippen LogP contribution in [0.15, 0.2) is 42.5 Å². The van der Waals surface area contributed by atoms with Gasteiger partial charge in [-0.2, -0.15) is 0 Å². The van der Waals surface area contributed by atoms with E-state index in [9.17, 15) is 4.79 Å². The molecule has 2 aromatic rings. The van der Waals surface area contributed by atoms with Crippen molar-refractivity contribution < 1.29 is 4.79 Å². The first kappa shape index (κ1) is 8.20. The van der Waals surface area contributed by atoms with E-state index in [1.807, 2.05) is 30.3 Å². The number of hydrogen-bond acceptors (Lipinski definition) is 2. The summed E-state index contributed by atoms with van der Waals surface area (Å²) in [4.78, 5) is 12.4. The molecule has 13 heavy (non-hydrogen) atoms. The van der Waals surface area contributed by atoms with Gasteiger partial charge in [0.25, 0.3) is 0 Å². The average molecular weight is 187 g/mol. The summed E-state index contributed by atoms with van der Waals surface area (Å²) >= 11 is 1.35. The highest BCUT2D eigenvalue weighted by atomic mass is 32.1. The third kappa shape index (κ3) is 1.68. The number of rotatable bonds is 2. The normalized spacial score (nSPS) is 9.85. The molecule has 0 N–H and O–H groups in total. The van der Waals surface area contributed by atoms with Crippen LogP contribution in [0.5, 0.6) is 0 Å². The van der Waals surface area contributed by atoms with E-state index in [4.69, 9.17) is 0 Å². The van der Waals surface area contributed by atoms with Gasteiger partial charge < -0.3 is 0 Å². The molecule has 0 aliphatic rings. The van der Waals surface area contributed by atoms with Crippen molar-refractivity contribution in [3.05, 3.63) is 58.3 Å². The minimum absolute atomic E-state index is 0.0758. The highest BCUT2D eigenvalue weighted by molar-refractivity contribution is 7.11. The Morgan fingerprint density at radius 3 is 2.54 bits per heavy atom. The smallest absolute Gasteiger partial charge is 0.202 e. The lowest BCUT2D eigenvalue weighted by atomic mass is 10.1. The van der Waals surface area contributed by atoms with Crippen LogP contribution < -0.4 is 0 Å². The molecule has 1 heterocycles. The summed E-state index contributed by atoms with van der Waals surface area (Å²) in [5, 5.41) is 2.90.